The SMILES string of the molecule is CCCCNC(=O)C1CCC(C)N(C(=O)c2cccc(N3CCCC3=O)c2)C1. The molecule has 2 unspecified atom stereocenters. The third kappa shape index (κ3) is 4.54. The second-order valence-corrected chi connectivity index (χ2v) is 7.92. The van der Waals surface area contributed by atoms with Crippen molar-refractivity contribution in [3.05, 3.63) is 29.8 Å². The topological polar surface area (TPSA) is 69.7 Å². The predicted octanol–water partition coefficient (Wildman–Crippen LogP) is 2.97. The zero-order valence-electron chi connectivity index (χ0n) is 16.9. The highest BCUT2D eigenvalue weighted by Crippen LogP contribution is 2.26. The van der Waals surface area contributed by atoms with Crippen molar-refractivity contribution >= 4 is 23.4 Å². The van der Waals surface area contributed by atoms with Crippen LogP contribution in [0.4, 0.5) is 5.69 Å². The van der Waals surface area contributed by atoms with E-state index in [0.717, 1.165) is 37.8 Å². The zero-order valence-corrected chi connectivity index (χ0v) is 16.9. The summed E-state index contributed by atoms with van der Waals surface area (Å²) in [6.45, 7) is 5.98. The van der Waals surface area contributed by atoms with E-state index >= 15 is 0 Å². The number of nitrogens with zero attached hydrogens (tertiary/aromatic N) is 2. The van der Waals surface area contributed by atoms with Crippen LogP contribution < -0.4 is 10.2 Å². The second-order valence-electron chi connectivity index (χ2n) is 7.92. The van der Waals surface area contributed by atoms with E-state index in [1.807, 2.05) is 30.0 Å². The zero-order chi connectivity index (χ0) is 20.1. The molecule has 2 aliphatic heterocycles. The molecule has 2 atom stereocenters. The van der Waals surface area contributed by atoms with Gasteiger partial charge in [-0.3, -0.25) is 14.4 Å². The number of unbranched alkanes of at least 4 members (excludes halogenated alkanes) is 1. The van der Waals surface area contributed by atoms with Crippen LogP contribution in [0.25, 0.3) is 0 Å². The van der Waals surface area contributed by atoms with E-state index in [2.05, 4.69) is 12.2 Å². The number of benzene rings is 1. The molecule has 2 saturated heterocycles. The second kappa shape index (κ2) is 9.22. The van der Waals surface area contributed by atoms with Gasteiger partial charge in [-0.25, -0.2) is 0 Å². The molecular weight excluding hydrogens is 354 g/mol. The largest absolute Gasteiger partial charge is 0.356 e. The summed E-state index contributed by atoms with van der Waals surface area (Å²) in [7, 11) is 0. The van der Waals surface area contributed by atoms with Gasteiger partial charge in [0.05, 0.1) is 5.92 Å². The molecule has 28 heavy (non-hydrogen) atoms. The number of rotatable bonds is 6. The maximum atomic E-state index is 13.2. The lowest BCUT2D eigenvalue weighted by Gasteiger charge is -2.37. The van der Waals surface area contributed by atoms with Crippen molar-refractivity contribution in [1.29, 1.82) is 0 Å². The number of nitrogens with one attached hydrogen (secondary N) is 1. The average molecular weight is 386 g/mol. The normalized spacial score (nSPS) is 22.4. The summed E-state index contributed by atoms with van der Waals surface area (Å²) >= 11 is 0. The van der Waals surface area contributed by atoms with Gasteiger partial charge >= 0.3 is 0 Å². The minimum atomic E-state index is -0.152. The molecule has 6 heteroatoms. The molecule has 3 rings (SSSR count). The first kappa shape index (κ1) is 20.4. The van der Waals surface area contributed by atoms with E-state index in [1.165, 1.54) is 0 Å². The lowest BCUT2D eigenvalue weighted by molar-refractivity contribution is -0.126. The van der Waals surface area contributed by atoms with Crippen LogP contribution in [-0.2, 0) is 9.59 Å². The molecule has 0 bridgehead atoms. The van der Waals surface area contributed by atoms with Crippen molar-refractivity contribution in [2.75, 3.05) is 24.5 Å². The summed E-state index contributed by atoms with van der Waals surface area (Å²) < 4.78 is 0. The summed E-state index contributed by atoms with van der Waals surface area (Å²) in [6.07, 6.45) is 5.07. The summed E-state index contributed by atoms with van der Waals surface area (Å²) in [6, 6.07) is 7.42. The summed E-state index contributed by atoms with van der Waals surface area (Å²) in [4.78, 5) is 41.2. The lowest BCUT2D eigenvalue weighted by Crippen LogP contribution is -2.49. The van der Waals surface area contributed by atoms with Gasteiger partial charge in [0.15, 0.2) is 0 Å². The van der Waals surface area contributed by atoms with Gasteiger partial charge in [0.2, 0.25) is 11.8 Å². The lowest BCUT2D eigenvalue weighted by atomic mass is 9.92. The maximum absolute atomic E-state index is 13.2. The Balaban J connectivity index is 1.70. The molecule has 0 aromatic heterocycles. The van der Waals surface area contributed by atoms with Crippen LogP contribution in [-0.4, -0.2) is 48.3 Å². The molecule has 6 nitrogen and oxygen atoms in total. The molecule has 0 aliphatic carbocycles. The van der Waals surface area contributed by atoms with E-state index in [1.54, 1.807) is 11.0 Å². The number of hydrogen-bond acceptors (Lipinski definition) is 3. The molecule has 1 N–H and O–H groups in total. The number of carbonyl (C=O) groups excluding carboxylic acids is 3. The molecule has 152 valence electrons. The molecule has 0 saturated carbocycles. The number of piperidine rings is 1. The van der Waals surface area contributed by atoms with Crippen molar-refractivity contribution in [1.82, 2.24) is 10.2 Å². The maximum Gasteiger partial charge on any atom is 0.254 e. The molecule has 2 heterocycles. The molecule has 3 amide bonds. The molecular formula is C22H31N3O3. The third-order valence-corrected chi connectivity index (χ3v) is 5.82. The van der Waals surface area contributed by atoms with Gasteiger partial charge in [0.1, 0.15) is 0 Å². The van der Waals surface area contributed by atoms with Crippen molar-refractivity contribution in [3.8, 4) is 0 Å². The summed E-state index contributed by atoms with van der Waals surface area (Å²) in [5.41, 5.74) is 1.36. The fraction of sp³-hybridized carbons (Fsp3) is 0.591. The summed E-state index contributed by atoms with van der Waals surface area (Å²) in [5, 5.41) is 3.00. The van der Waals surface area contributed by atoms with Crippen LogP contribution in [0.2, 0.25) is 0 Å². The first-order valence-electron chi connectivity index (χ1n) is 10.5. The highest BCUT2D eigenvalue weighted by atomic mass is 16.2. The number of likely N-dealkylation sites (tertiary alicyclic amines) is 1. The molecule has 0 radical (unpaired) electrons. The van der Waals surface area contributed by atoms with Gasteiger partial charge < -0.3 is 15.1 Å². The Hall–Kier alpha value is -2.37. The minimum Gasteiger partial charge on any atom is -0.356 e. The Morgan fingerprint density at radius 1 is 1.25 bits per heavy atom. The van der Waals surface area contributed by atoms with E-state index < -0.39 is 0 Å². The Morgan fingerprint density at radius 2 is 2.07 bits per heavy atom. The Morgan fingerprint density at radius 3 is 2.79 bits per heavy atom. The van der Waals surface area contributed by atoms with Gasteiger partial charge in [0, 0.05) is 43.3 Å². The van der Waals surface area contributed by atoms with Crippen molar-refractivity contribution in [2.24, 2.45) is 5.92 Å². The standard InChI is InChI=1S/C22H31N3O3/c1-3-4-12-23-21(27)18-11-10-16(2)25(15-18)22(28)17-7-5-8-19(14-17)24-13-6-9-20(24)26/h5,7-8,14,16,18H,3-4,6,9-13,15H2,1-2H3,(H,23,27). The van der Waals surface area contributed by atoms with E-state index in [9.17, 15) is 14.4 Å². The summed E-state index contributed by atoms with van der Waals surface area (Å²) in [5.74, 6) is -0.0540. The average Bonchev–Trinajstić information content (AvgIpc) is 3.14. The Kier molecular flexibility index (Phi) is 6.70. The molecule has 2 fully saturated rings. The first-order chi connectivity index (χ1) is 13.5. The van der Waals surface area contributed by atoms with Crippen LogP contribution in [0.1, 0.15) is 62.7 Å². The number of hydrogen-bond donors (Lipinski definition) is 1. The fourth-order valence-corrected chi connectivity index (χ4v) is 4.03. The van der Waals surface area contributed by atoms with Gasteiger partial charge in [-0.2, -0.15) is 0 Å². The first-order valence-corrected chi connectivity index (χ1v) is 10.5. The van der Waals surface area contributed by atoms with Crippen LogP contribution >= 0.6 is 0 Å². The number of anilines is 1. The smallest absolute Gasteiger partial charge is 0.254 e. The third-order valence-electron chi connectivity index (χ3n) is 5.82. The molecule has 0 spiro atoms. The van der Waals surface area contributed by atoms with Crippen LogP contribution in [0, 0.1) is 5.92 Å². The molecule has 1 aromatic carbocycles. The quantitative estimate of drug-likeness (QED) is 0.766. The number of amides is 3. The highest BCUT2D eigenvalue weighted by molar-refractivity contribution is 5.99. The monoisotopic (exact) mass is 385 g/mol. The highest BCUT2D eigenvalue weighted by Gasteiger charge is 2.33. The minimum absolute atomic E-state index is 0.0505. The fourth-order valence-electron chi connectivity index (χ4n) is 4.03. The van der Waals surface area contributed by atoms with Crippen molar-refractivity contribution < 1.29 is 14.4 Å². The van der Waals surface area contributed by atoms with Crippen LogP contribution in [0.5, 0.6) is 0 Å². The Labute approximate surface area is 167 Å². The van der Waals surface area contributed by atoms with Crippen LogP contribution in [0.3, 0.4) is 0 Å². The van der Waals surface area contributed by atoms with Gasteiger partial charge in [-0.05, 0) is 50.8 Å². The molecule has 1 aromatic rings. The van der Waals surface area contributed by atoms with E-state index in [4.69, 9.17) is 0 Å². The van der Waals surface area contributed by atoms with Crippen molar-refractivity contribution in [2.45, 2.75) is 58.4 Å². The Bertz CT molecular complexity index is 733. The van der Waals surface area contributed by atoms with Crippen molar-refractivity contribution in [3.63, 3.8) is 0 Å². The van der Waals surface area contributed by atoms with E-state index in [0.29, 0.717) is 31.6 Å². The van der Waals surface area contributed by atoms with Crippen LogP contribution in [0.15, 0.2) is 24.3 Å². The van der Waals surface area contributed by atoms with E-state index in [-0.39, 0.29) is 29.7 Å². The molecule has 2 aliphatic rings. The predicted molar refractivity (Wildman–Crippen MR) is 109 cm³/mol. The van der Waals surface area contributed by atoms with Gasteiger partial charge in [0.25, 0.3) is 5.91 Å². The number of carbonyl (C=O) groups is 3. The van der Waals surface area contributed by atoms with Gasteiger partial charge in [-0.1, -0.05) is 19.4 Å². The van der Waals surface area contributed by atoms with Gasteiger partial charge in [-0.15, -0.1) is 0 Å².